The van der Waals surface area contributed by atoms with Gasteiger partial charge in [-0.25, -0.2) is 15.0 Å². The molecule has 3 aromatic carbocycles. The summed E-state index contributed by atoms with van der Waals surface area (Å²) >= 11 is 5.80. The lowest BCUT2D eigenvalue weighted by molar-refractivity contribution is 0.0331. The van der Waals surface area contributed by atoms with E-state index in [-0.39, 0.29) is 35.1 Å². The van der Waals surface area contributed by atoms with Gasteiger partial charge in [-0.15, -0.1) is 0 Å². The van der Waals surface area contributed by atoms with E-state index in [4.69, 9.17) is 24.9 Å². The Hall–Kier alpha value is -7.39. The number of carbonyl (C=O) groups is 6. The molecule has 6 rings (SSSR count). The van der Waals surface area contributed by atoms with Crippen molar-refractivity contribution < 1.29 is 42.0 Å². The summed E-state index contributed by atoms with van der Waals surface area (Å²) in [5.41, 5.74) is 9.58. The standard InChI is InChI=1S/C17H20N2O3.C16H18N2O3.C15H15ClN2O3/c1-12-7-9-13(10-8-12)15(20)18-19(17(2,3)4)16(21)14-6-5-11-22-14;1-16(2,3)18(15(20)13-10-7-11-21-13)17-14(19)12-8-5-4-6-9-12;1-2-8-18(17-14(19)12-7-9-21-10-12)15(20)11-3-5-13(16)6-4-11/h5-11H,1-4H3,(H,18,20);4-11H,1-3H3,(H,17,19);3-7,9-10H,2,8H2,1H3,(H,17,19). The SMILES string of the molecule is CC(C)(C)N(NC(=O)c1ccccc1)C(=O)c1ccco1.CCCN(NC(=O)c1ccoc1)C(=O)c1ccc(Cl)cc1.Cc1ccc(C(=O)NN(C(=O)c2ccco2)C(C)(C)C)cc1. The van der Waals surface area contributed by atoms with Gasteiger partial charge in [-0.1, -0.05) is 54.4 Å². The molecule has 15 nitrogen and oxygen atoms in total. The third kappa shape index (κ3) is 14.3. The number of aryl methyl sites for hydroxylation is 1. The molecule has 3 aromatic heterocycles. The number of halogens is 1. The summed E-state index contributed by atoms with van der Waals surface area (Å²) < 4.78 is 15.1. The minimum atomic E-state index is -0.593. The first-order valence-electron chi connectivity index (χ1n) is 20.2. The number of hydrogen-bond acceptors (Lipinski definition) is 9. The van der Waals surface area contributed by atoms with Crippen molar-refractivity contribution in [1.82, 2.24) is 31.3 Å². The van der Waals surface area contributed by atoms with Crippen LogP contribution in [0.2, 0.25) is 5.02 Å². The first-order chi connectivity index (χ1) is 30.3. The van der Waals surface area contributed by atoms with Gasteiger partial charge in [0.2, 0.25) is 0 Å². The van der Waals surface area contributed by atoms with Crippen LogP contribution in [0.4, 0.5) is 0 Å². The smallest absolute Gasteiger partial charge is 0.308 e. The van der Waals surface area contributed by atoms with Gasteiger partial charge in [-0.2, -0.15) is 0 Å². The van der Waals surface area contributed by atoms with E-state index in [1.807, 2.05) is 73.6 Å². The van der Waals surface area contributed by atoms with E-state index in [2.05, 4.69) is 16.3 Å². The predicted molar refractivity (Wildman–Crippen MR) is 241 cm³/mol. The van der Waals surface area contributed by atoms with Crippen LogP contribution in [0.1, 0.15) is 123 Å². The molecule has 0 fully saturated rings. The monoisotopic (exact) mass is 892 g/mol. The quantitative estimate of drug-likeness (QED) is 0.125. The summed E-state index contributed by atoms with van der Waals surface area (Å²) in [5, 5.41) is 4.41. The minimum Gasteiger partial charge on any atom is -0.472 e. The van der Waals surface area contributed by atoms with E-state index in [9.17, 15) is 28.8 Å². The second kappa shape index (κ2) is 22.6. The first-order valence-corrected chi connectivity index (χ1v) is 20.6. The molecule has 3 heterocycles. The molecule has 0 saturated carbocycles. The van der Waals surface area contributed by atoms with Crippen LogP contribution in [-0.2, 0) is 0 Å². The number of rotatable bonds is 8. The van der Waals surface area contributed by atoms with Crippen molar-refractivity contribution in [3.05, 3.63) is 179 Å². The third-order valence-electron chi connectivity index (χ3n) is 8.79. The predicted octanol–water partition coefficient (Wildman–Crippen LogP) is 9.17. The van der Waals surface area contributed by atoms with Crippen molar-refractivity contribution in [2.75, 3.05) is 6.54 Å². The highest BCUT2D eigenvalue weighted by atomic mass is 35.5. The van der Waals surface area contributed by atoms with Gasteiger partial charge in [0.05, 0.1) is 35.4 Å². The molecule has 3 N–H and O–H groups in total. The van der Waals surface area contributed by atoms with Gasteiger partial charge in [0, 0.05) is 28.3 Å². The van der Waals surface area contributed by atoms with Crippen molar-refractivity contribution in [2.45, 2.75) is 72.9 Å². The van der Waals surface area contributed by atoms with Crippen LogP contribution < -0.4 is 16.3 Å². The first kappa shape index (κ1) is 49.3. The number of furan rings is 3. The van der Waals surface area contributed by atoms with Crippen molar-refractivity contribution in [3.63, 3.8) is 0 Å². The second-order valence-corrected chi connectivity index (χ2v) is 16.5. The van der Waals surface area contributed by atoms with Crippen LogP contribution >= 0.6 is 11.6 Å². The van der Waals surface area contributed by atoms with Gasteiger partial charge in [0.1, 0.15) is 6.26 Å². The topological polar surface area (TPSA) is 188 Å². The Labute approximate surface area is 377 Å². The molecule has 336 valence electrons. The number of hydrazine groups is 3. The molecule has 0 unspecified atom stereocenters. The molecular weight excluding hydrogens is 840 g/mol. The largest absolute Gasteiger partial charge is 0.472 e. The molecule has 64 heavy (non-hydrogen) atoms. The Morgan fingerprint density at radius 1 is 0.531 bits per heavy atom. The van der Waals surface area contributed by atoms with E-state index < -0.39 is 22.9 Å². The highest BCUT2D eigenvalue weighted by Gasteiger charge is 2.32. The number of amides is 6. The number of hydrogen-bond donors (Lipinski definition) is 3. The molecule has 0 radical (unpaired) electrons. The third-order valence-corrected chi connectivity index (χ3v) is 9.04. The van der Waals surface area contributed by atoms with Crippen LogP contribution in [0, 0.1) is 6.92 Å². The van der Waals surface area contributed by atoms with Gasteiger partial charge in [-0.3, -0.25) is 45.0 Å². The van der Waals surface area contributed by atoms with Crippen molar-refractivity contribution >= 4 is 47.0 Å². The van der Waals surface area contributed by atoms with Gasteiger partial charge < -0.3 is 13.3 Å². The summed E-state index contributed by atoms with van der Waals surface area (Å²) in [7, 11) is 0. The van der Waals surface area contributed by atoms with E-state index in [0.29, 0.717) is 40.2 Å². The summed E-state index contributed by atoms with van der Waals surface area (Å²) in [6.07, 6.45) is 6.29. The zero-order valence-corrected chi connectivity index (χ0v) is 37.8. The van der Waals surface area contributed by atoms with E-state index in [0.717, 1.165) is 5.56 Å². The molecule has 0 aliphatic carbocycles. The molecule has 0 saturated heterocycles. The molecule has 0 atom stereocenters. The fourth-order valence-electron chi connectivity index (χ4n) is 5.45. The maximum Gasteiger partial charge on any atom is 0.308 e. The van der Waals surface area contributed by atoms with Crippen molar-refractivity contribution in [1.29, 1.82) is 0 Å². The summed E-state index contributed by atoms with van der Waals surface area (Å²) in [6.45, 7) is 15.3. The van der Waals surface area contributed by atoms with Gasteiger partial charge in [-0.05, 0) is 134 Å². The summed E-state index contributed by atoms with van der Waals surface area (Å²) in [6, 6.07) is 30.3. The fraction of sp³-hybridized carbons (Fsp3) is 0.250. The lowest BCUT2D eigenvalue weighted by atomic mass is 10.1. The van der Waals surface area contributed by atoms with Gasteiger partial charge >= 0.3 is 11.8 Å². The minimum absolute atomic E-state index is 0.179. The highest BCUT2D eigenvalue weighted by molar-refractivity contribution is 6.30. The van der Waals surface area contributed by atoms with Gasteiger partial charge in [0.15, 0.2) is 11.5 Å². The van der Waals surface area contributed by atoms with E-state index in [1.54, 1.807) is 84.9 Å². The average Bonchev–Trinajstić information content (AvgIpc) is 4.10. The Kier molecular flexibility index (Phi) is 17.4. The molecule has 0 aliphatic heterocycles. The van der Waals surface area contributed by atoms with E-state index >= 15 is 0 Å². The fourth-order valence-corrected chi connectivity index (χ4v) is 5.58. The van der Waals surface area contributed by atoms with Crippen LogP contribution in [0.25, 0.3) is 0 Å². The summed E-state index contributed by atoms with van der Waals surface area (Å²) in [4.78, 5) is 73.9. The number of carbonyl (C=O) groups excluding carboxylic acids is 6. The zero-order chi connectivity index (χ0) is 47.0. The number of nitrogens with one attached hydrogen (secondary N) is 3. The zero-order valence-electron chi connectivity index (χ0n) is 37.0. The normalized spacial score (nSPS) is 10.8. The second-order valence-electron chi connectivity index (χ2n) is 16.1. The lowest BCUT2D eigenvalue weighted by Gasteiger charge is -2.34. The maximum absolute atomic E-state index is 12.5. The molecular formula is C48H53ClN6O9. The molecule has 16 heteroatoms. The Morgan fingerprint density at radius 3 is 1.42 bits per heavy atom. The number of benzene rings is 3. The van der Waals surface area contributed by atoms with Crippen LogP contribution in [0.5, 0.6) is 0 Å². The Bertz CT molecular complexity index is 2420. The lowest BCUT2D eigenvalue weighted by Crippen LogP contribution is -2.55. The molecule has 6 aromatic rings. The van der Waals surface area contributed by atoms with Crippen LogP contribution in [-0.4, -0.2) is 68.1 Å². The van der Waals surface area contributed by atoms with Crippen LogP contribution in [0.3, 0.4) is 0 Å². The van der Waals surface area contributed by atoms with Gasteiger partial charge in [0.25, 0.3) is 23.6 Å². The van der Waals surface area contributed by atoms with Crippen molar-refractivity contribution in [2.24, 2.45) is 0 Å². The maximum atomic E-state index is 12.5. The Morgan fingerprint density at radius 2 is 1.00 bits per heavy atom. The number of nitrogens with zero attached hydrogens (tertiary/aromatic N) is 3. The molecule has 0 aliphatic rings. The molecule has 0 spiro atoms. The highest BCUT2D eigenvalue weighted by Crippen LogP contribution is 2.18. The molecule has 6 amide bonds. The average molecular weight is 893 g/mol. The van der Waals surface area contributed by atoms with E-state index in [1.165, 1.54) is 46.1 Å². The Balaban J connectivity index is 0.000000210. The van der Waals surface area contributed by atoms with Crippen LogP contribution in [0.15, 0.2) is 147 Å². The molecule has 0 bridgehead atoms. The van der Waals surface area contributed by atoms with Crippen molar-refractivity contribution in [3.8, 4) is 0 Å². The summed E-state index contributed by atoms with van der Waals surface area (Å²) in [5.74, 6) is -1.78.